The summed E-state index contributed by atoms with van der Waals surface area (Å²) in [5.74, 6) is 6.40. The van der Waals surface area contributed by atoms with Gasteiger partial charge < -0.3 is 5.43 Å². The molecule has 2 atom stereocenters. The van der Waals surface area contributed by atoms with Crippen molar-refractivity contribution >= 4 is 15.7 Å². The average Bonchev–Trinajstić information content (AvgIpc) is 3.05. The van der Waals surface area contributed by atoms with E-state index in [1.807, 2.05) is 0 Å². The Kier molecular flexibility index (Phi) is 3.61. The molecule has 100 valence electrons. The molecule has 2 unspecified atom stereocenters. The molecule has 0 aromatic heterocycles. The van der Waals surface area contributed by atoms with Crippen LogP contribution >= 0.6 is 0 Å². The lowest BCUT2D eigenvalue weighted by Crippen LogP contribution is -2.29. The van der Waals surface area contributed by atoms with Gasteiger partial charge in [-0.1, -0.05) is 6.92 Å². The van der Waals surface area contributed by atoms with E-state index in [1.165, 1.54) is 4.31 Å². The Balaban J connectivity index is 2.13. The minimum atomic E-state index is -3.38. The molecule has 5 nitrogen and oxygen atoms in total. The molecule has 0 aliphatic heterocycles. The summed E-state index contributed by atoms with van der Waals surface area (Å²) in [5.41, 5.74) is 3.16. The number of anilines is 1. The summed E-state index contributed by atoms with van der Waals surface area (Å²) in [6.45, 7) is 2.74. The van der Waals surface area contributed by atoms with Gasteiger partial charge in [0.1, 0.15) is 0 Å². The predicted octanol–water partition coefficient (Wildman–Crippen LogP) is 1.25. The van der Waals surface area contributed by atoms with Crippen molar-refractivity contribution in [2.24, 2.45) is 17.7 Å². The first-order valence-corrected chi connectivity index (χ1v) is 7.42. The summed E-state index contributed by atoms with van der Waals surface area (Å²) < 4.78 is 26.0. The third kappa shape index (κ3) is 2.66. The predicted molar refractivity (Wildman–Crippen MR) is 71.3 cm³/mol. The molecule has 1 saturated carbocycles. The van der Waals surface area contributed by atoms with Crippen molar-refractivity contribution in [2.45, 2.75) is 18.2 Å². The second-order valence-electron chi connectivity index (χ2n) is 4.93. The van der Waals surface area contributed by atoms with Crippen LogP contribution in [0.15, 0.2) is 29.2 Å². The smallest absolute Gasteiger partial charge is 0.242 e. The van der Waals surface area contributed by atoms with Crippen LogP contribution in [0, 0.1) is 11.8 Å². The van der Waals surface area contributed by atoms with E-state index in [0.29, 0.717) is 29.0 Å². The molecule has 3 N–H and O–H groups in total. The van der Waals surface area contributed by atoms with Gasteiger partial charge in [-0.2, -0.15) is 0 Å². The van der Waals surface area contributed by atoms with E-state index in [1.54, 1.807) is 31.3 Å². The molecule has 2 rings (SSSR count). The van der Waals surface area contributed by atoms with Crippen LogP contribution in [-0.2, 0) is 10.0 Å². The highest BCUT2D eigenvalue weighted by Crippen LogP contribution is 2.38. The number of nitrogen functional groups attached to an aromatic ring is 1. The number of hydrazine groups is 1. The monoisotopic (exact) mass is 269 g/mol. The van der Waals surface area contributed by atoms with Gasteiger partial charge in [-0.05, 0) is 42.5 Å². The number of sulfonamides is 1. The molecule has 1 aliphatic carbocycles. The molecule has 6 heteroatoms. The maximum atomic E-state index is 12.3. The number of benzene rings is 1. The Morgan fingerprint density at radius 3 is 2.39 bits per heavy atom. The van der Waals surface area contributed by atoms with Crippen LogP contribution < -0.4 is 11.3 Å². The first kappa shape index (κ1) is 13.3. The van der Waals surface area contributed by atoms with Gasteiger partial charge >= 0.3 is 0 Å². The van der Waals surface area contributed by atoms with E-state index in [9.17, 15) is 8.42 Å². The maximum Gasteiger partial charge on any atom is 0.242 e. The molecule has 0 radical (unpaired) electrons. The Hall–Kier alpha value is -1.11. The average molecular weight is 269 g/mol. The summed E-state index contributed by atoms with van der Waals surface area (Å²) in [6.07, 6.45) is 1.12. The van der Waals surface area contributed by atoms with Crippen LogP contribution in [0.25, 0.3) is 0 Å². The molecule has 1 aliphatic rings. The van der Waals surface area contributed by atoms with E-state index in [4.69, 9.17) is 5.84 Å². The van der Waals surface area contributed by atoms with Crippen molar-refractivity contribution in [3.8, 4) is 0 Å². The third-order valence-electron chi connectivity index (χ3n) is 3.50. The molecule has 18 heavy (non-hydrogen) atoms. The molecule has 0 spiro atoms. The van der Waals surface area contributed by atoms with Crippen molar-refractivity contribution in [2.75, 3.05) is 19.0 Å². The normalized spacial score (nSPS) is 23.1. The van der Waals surface area contributed by atoms with Crippen molar-refractivity contribution in [1.29, 1.82) is 0 Å². The number of hydrogen-bond donors (Lipinski definition) is 2. The molecule has 0 bridgehead atoms. The third-order valence-corrected chi connectivity index (χ3v) is 5.33. The van der Waals surface area contributed by atoms with E-state index in [-0.39, 0.29) is 0 Å². The fourth-order valence-electron chi connectivity index (χ4n) is 1.98. The minimum absolute atomic E-state index is 0.303. The highest BCUT2D eigenvalue weighted by atomic mass is 32.2. The highest BCUT2D eigenvalue weighted by Gasteiger charge is 2.36. The first-order valence-electron chi connectivity index (χ1n) is 5.98. The number of hydrogen-bond acceptors (Lipinski definition) is 4. The lowest BCUT2D eigenvalue weighted by Gasteiger charge is -2.17. The lowest BCUT2D eigenvalue weighted by molar-refractivity contribution is 0.444. The molecule has 0 amide bonds. The van der Waals surface area contributed by atoms with Crippen LogP contribution in [0.1, 0.15) is 13.3 Å². The van der Waals surface area contributed by atoms with Crippen molar-refractivity contribution in [3.05, 3.63) is 24.3 Å². The fraction of sp³-hybridized carbons (Fsp3) is 0.500. The maximum absolute atomic E-state index is 12.3. The van der Waals surface area contributed by atoms with Gasteiger partial charge in [0.15, 0.2) is 0 Å². The molecule has 1 aromatic rings. The minimum Gasteiger partial charge on any atom is -0.324 e. The largest absolute Gasteiger partial charge is 0.324 e. The highest BCUT2D eigenvalue weighted by molar-refractivity contribution is 7.89. The zero-order chi connectivity index (χ0) is 13.3. The molecular formula is C12H19N3O2S. The molecular weight excluding hydrogens is 250 g/mol. The van der Waals surface area contributed by atoms with E-state index in [2.05, 4.69) is 12.3 Å². The Morgan fingerprint density at radius 1 is 1.39 bits per heavy atom. The molecule has 0 saturated heterocycles. The van der Waals surface area contributed by atoms with Gasteiger partial charge in [-0.15, -0.1) is 0 Å². The van der Waals surface area contributed by atoms with Crippen LogP contribution in [0.3, 0.4) is 0 Å². The lowest BCUT2D eigenvalue weighted by atomic mass is 10.3. The topological polar surface area (TPSA) is 75.4 Å². The Morgan fingerprint density at radius 2 is 1.94 bits per heavy atom. The van der Waals surface area contributed by atoms with Crippen LogP contribution in [0.4, 0.5) is 5.69 Å². The van der Waals surface area contributed by atoms with E-state index >= 15 is 0 Å². The molecule has 0 heterocycles. The van der Waals surface area contributed by atoms with Crippen molar-refractivity contribution in [1.82, 2.24) is 4.31 Å². The Bertz CT molecular complexity index is 513. The number of nitrogens with two attached hydrogens (primary N) is 1. The summed E-state index contributed by atoms with van der Waals surface area (Å²) in [7, 11) is -1.74. The quantitative estimate of drug-likeness (QED) is 0.623. The first-order chi connectivity index (χ1) is 8.45. The standard InChI is InChI=1S/C12H19N3O2S/c1-9-7-10(9)8-15(2)18(16,17)12-5-3-11(14-13)4-6-12/h3-6,9-10,14H,7-8,13H2,1-2H3. The molecule has 1 fully saturated rings. The fourth-order valence-corrected chi connectivity index (χ4v) is 3.21. The molecule has 1 aromatic carbocycles. The van der Waals surface area contributed by atoms with E-state index in [0.717, 1.165) is 6.42 Å². The van der Waals surface area contributed by atoms with E-state index < -0.39 is 10.0 Å². The van der Waals surface area contributed by atoms with Gasteiger partial charge in [-0.3, -0.25) is 5.84 Å². The zero-order valence-corrected chi connectivity index (χ0v) is 11.4. The second-order valence-corrected chi connectivity index (χ2v) is 6.97. The van der Waals surface area contributed by atoms with Gasteiger partial charge in [0.25, 0.3) is 0 Å². The second kappa shape index (κ2) is 4.87. The number of nitrogens with zero attached hydrogens (tertiary/aromatic N) is 1. The summed E-state index contributed by atoms with van der Waals surface area (Å²) >= 11 is 0. The van der Waals surface area contributed by atoms with Gasteiger partial charge in [0.05, 0.1) is 4.90 Å². The van der Waals surface area contributed by atoms with Gasteiger partial charge in [0, 0.05) is 19.3 Å². The number of nitrogens with one attached hydrogen (secondary N) is 1. The van der Waals surface area contributed by atoms with Crippen molar-refractivity contribution < 1.29 is 8.42 Å². The van der Waals surface area contributed by atoms with Crippen molar-refractivity contribution in [3.63, 3.8) is 0 Å². The van der Waals surface area contributed by atoms with Crippen LogP contribution in [0.5, 0.6) is 0 Å². The Labute approximate surface area is 108 Å². The summed E-state index contributed by atoms with van der Waals surface area (Å²) in [5, 5.41) is 0. The van der Waals surface area contributed by atoms with Crippen LogP contribution in [0.2, 0.25) is 0 Å². The van der Waals surface area contributed by atoms with Gasteiger partial charge in [-0.25, -0.2) is 12.7 Å². The van der Waals surface area contributed by atoms with Gasteiger partial charge in [0.2, 0.25) is 10.0 Å². The SMILES string of the molecule is CC1CC1CN(C)S(=O)(=O)c1ccc(NN)cc1. The summed E-state index contributed by atoms with van der Waals surface area (Å²) in [6, 6.07) is 6.44. The summed E-state index contributed by atoms with van der Waals surface area (Å²) in [4.78, 5) is 0.303. The zero-order valence-electron chi connectivity index (χ0n) is 10.6. The number of rotatable bonds is 5. The van der Waals surface area contributed by atoms with Crippen LogP contribution in [-0.4, -0.2) is 26.3 Å².